The van der Waals surface area contributed by atoms with Gasteiger partial charge in [-0.3, -0.25) is 9.59 Å². The zero-order valence-electron chi connectivity index (χ0n) is 23.6. The third-order valence-corrected chi connectivity index (χ3v) is 5.75. The molecule has 2 aliphatic rings. The second kappa shape index (κ2) is 12.5. The van der Waals surface area contributed by atoms with E-state index in [-0.39, 0.29) is 39.4 Å². The van der Waals surface area contributed by atoms with Crippen molar-refractivity contribution in [3.63, 3.8) is 0 Å². The summed E-state index contributed by atoms with van der Waals surface area (Å²) >= 11 is 0. The Morgan fingerprint density at radius 1 is 0.658 bits per heavy atom. The van der Waals surface area contributed by atoms with Crippen LogP contribution in [0.3, 0.4) is 0 Å². The summed E-state index contributed by atoms with van der Waals surface area (Å²) in [6.07, 6.45) is -1.22. The molecule has 13 heteroatoms. The van der Waals surface area contributed by atoms with E-state index in [4.69, 9.17) is 18.9 Å². The first-order valence-electron chi connectivity index (χ1n) is 12.9. The Morgan fingerprint density at radius 3 is 1.29 bits per heavy atom. The normalized spacial score (nSPS) is 23.5. The highest BCUT2D eigenvalue weighted by Crippen LogP contribution is 2.24. The fraction of sp³-hybridized carbons (Fsp3) is 0.800. The van der Waals surface area contributed by atoms with Crippen LogP contribution in [0.25, 0.3) is 0 Å². The Balaban J connectivity index is 2.13. The van der Waals surface area contributed by atoms with Gasteiger partial charge in [0.05, 0.1) is 37.1 Å². The van der Waals surface area contributed by atoms with Crippen LogP contribution in [0.1, 0.15) is 55.4 Å². The number of carbonyl (C=O) groups excluding carboxylic acids is 5. The van der Waals surface area contributed by atoms with E-state index in [2.05, 4.69) is 10.6 Å². The van der Waals surface area contributed by atoms with Gasteiger partial charge in [-0.15, -0.1) is 0 Å². The van der Waals surface area contributed by atoms with Gasteiger partial charge in [-0.05, 0) is 55.4 Å². The Kier molecular flexibility index (Phi) is 10.2. The molecule has 0 spiro atoms. The zero-order valence-corrected chi connectivity index (χ0v) is 23.6. The highest BCUT2D eigenvalue weighted by Gasteiger charge is 2.45. The van der Waals surface area contributed by atoms with Gasteiger partial charge in [0, 0.05) is 26.2 Å². The van der Waals surface area contributed by atoms with E-state index >= 15 is 0 Å². The lowest BCUT2D eigenvalue weighted by Gasteiger charge is -2.25. The highest BCUT2D eigenvalue weighted by atomic mass is 16.6. The second-order valence-corrected chi connectivity index (χ2v) is 11.3. The highest BCUT2D eigenvalue weighted by molar-refractivity contribution is 5.82. The van der Waals surface area contributed by atoms with Gasteiger partial charge in [0.2, 0.25) is 0 Å². The summed E-state index contributed by atoms with van der Waals surface area (Å²) in [5.74, 6) is -2.72. The first-order chi connectivity index (χ1) is 17.5. The topological polar surface area (TPSA) is 153 Å². The smallest absolute Gasteiger partial charge is 0.410 e. The summed E-state index contributed by atoms with van der Waals surface area (Å²) in [6.45, 7) is 14.1. The average molecular weight is 543 g/mol. The Morgan fingerprint density at radius 2 is 1.00 bits per heavy atom. The molecule has 0 radical (unpaired) electrons. The second-order valence-electron chi connectivity index (χ2n) is 11.3. The van der Waals surface area contributed by atoms with Crippen molar-refractivity contribution in [1.29, 1.82) is 0 Å². The van der Waals surface area contributed by atoms with Crippen molar-refractivity contribution in [3.05, 3.63) is 0 Å². The minimum Gasteiger partial charge on any atom is -0.466 e. The van der Waals surface area contributed by atoms with Crippen LogP contribution in [-0.2, 0) is 28.5 Å². The third kappa shape index (κ3) is 8.95. The molecule has 2 heterocycles. The molecule has 2 fully saturated rings. The van der Waals surface area contributed by atoms with Gasteiger partial charge in [-0.1, -0.05) is 0 Å². The predicted molar refractivity (Wildman–Crippen MR) is 135 cm³/mol. The molecule has 0 aromatic heterocycles. The maximum Gasteiger partial charge on any atom is 0.410 e. The number of hydrogen-bond donors (Lipinski definition) is 2. The maximum absolute atomic E-state index is 13.0. The van der Waals surface area contributed by atoms with Crippen LogP contribution >= 0.6 is 0 Å². The number of rotatable bonds is 6. The van der Waals surface area contributed by atoms with Crippen molar-refractivity contribution >= 4 is 30.2 Å². The number of carbonyl (C=O) groups is 5. The number of amides is 4. The SMILES string of the molecule is CCOC(=O)[C@H]1CN(C(=O)OC(C)(C)C)C[C@H]1NC(=O)N[C@H]1CN(C(=O)OC(C)(C)C)C[C@H]1C(=O)OCC. The summed E-state index contributed by atoms with van der Waals surface area (Å²) in [5.41, 5.74) is -1.46. The molecular weight excluding hydrogens is 500 g/mol. The van der Waals surface area contributed by atoms with Gasteiger partial charge in [-0.2, -0.15) is 0 Å². The van der Waals surface area contributed by atoms with Gasteiger partial charge in [-0.25, -0.2) is 14.4 Å². The van der Waals surface area contributed by atoms with E-state index < -0.39 is 65.3 Å². The predicted octanol–water partition coefficient (Wildman–Crippen LogP) is 1.88. The zero-order chi connectivity index (χ0) is 28.8. The van der Waals surface area contributed by atoms with Crippen LogP contribution in [0, 0.1) is 11.8 Å². The standard InChI is InChI=1S/C25H42N4O9/c1-9-35-19(30)15-11-28(22(33)37-24(3,4)5)13-17(15)26-21(32)27-18-14-29(23(34)38-25(6,7)8)12-16(18)20(31)36-10-2/h15-18H,9-14H2,1-8H3,(H2,26,27,32)/t15-,16+,17+,18-. The number of nitrogens with zero attached hydrogens (tertiary/aromatic N) is 2. The first-order valence-corrected chi connectivity index (χ1v) is 12.9. The molecule has 0 aromatic carbocycles. The van der Waals surface area contributed by atoms with Gasteiger partial charge in [0.25, 0.3) is 0 Å². The Labute approximate surface area is 223 Å². The van der Waals surface area contributed by atoms with Crippen LogP contribution in [-0.4, -0.2) is 103 Å². The number of hydrogen-bond acceptors (Lipinski definition) is 9. The van der Waals surface area contributed by atoms with Crippen LogP contribution < -0.4 is 10.6 Å². The van der Waals surface area contributed by atoms with E-state index in [1.807, 2.05) is 0 Å². The lowest BCUT2D eigenvalue weighted by Crippen LogP contribution is -2.53. The summed E-state index contributed by atoms with van der Waals surface area (Å²) in [6, 6.07) is -2.18. The fourth-order valence-electron chi connectivity index (χ4n) is 4.21. The molecule has 2 N–H and O–H groups in total. The van der Waals surface area contributed by atoms with Gasteiger partial charge < -0.3 is 39.4 Å². The molecule has 216 valence electrons. The van der Waals surface area contributed by atoms with Gasteiger partial charge in [0.15, 0.2) is 0 Å². The molecule has 0 unspecified atom stereocenters. The summed E-state index contributed by atoms with van der Waals surface area (Å²) in [4.78, 5) is 66.1. The average Bonchev–Trinajstić information content (AvgIpc) is 3.36. The Bertz CT molecular complexity index is 826. The van der Waals surface area contributed by atoms with Crippen LogP contribution in [0.5, 0.6) is 0 Å². The minimum atomic E-state index is -0.809. The molecule has 0 saturated carbocycles. The third-order valence-electron chi connectivity index (χ3n) is 5.75. The molecule has 0 aliphatic carbocycles. The molecule has 2 rings (SSSR count). The summed E-state index contributed by atoms with van der Waals surface area (Å²) in [5, 5.41) is 5.46. The van der Waals surface area contributed by atoms with Crippen molar-refractivity contribution in [1.82, 2.24) is 20.4 Å². The van der Waals surface area contributed by atoms with Crippen molar-refractivity contribution in [2.75, 3.05) is 39.4 Å². The van der Waals surface area contributed by atoms with Crippen LogP contribution in [0.15, 0.2) is 0 Å². The lowest BCUT2D eigenvalue weighted by atomic mass is 10.0. The molecule has 38 heavy (non-hydrogen) atoms. The first kappa shape index (κ1) is 31.0. The van der Waals surface area contributed by atoms with Crippen LogP contribution in [0.4, 0.5) is 14.4 Å². The van der Waals surface area contributed by atoms with Crippen molar-refractivity contribution in [3.8, 4) is 0 Å². The lowest BCUT2D eigenvalue weighted by molar-refractivity contribution is -0.148. The van der Waals surface area contributed by atoms with E-state index in [0.29, 0.717) is 0 Å². The molecular formula is C25H42N4O9. The molecule has 4 amide bonds. The van der Waals surface area contributed by atoms with Gasteiger partial charge in [0.1, 0.15) is 11.2 Å². The van der Waals surface area contributed by atoms with Gasteiger partial charge >= 0.3 is 30.2 Å². The minimum absolute atomic E-state index is 0.0139. The molecule has 0 bridgehead atoms. The van der Waals surface area contributed by atoms with Crippen molar-refractivity contribution in [2.45, 2.75) is 78.7 Å². The molecule has 0 aromatic rings. The molecule has 2 aliphatic heterocycles. The number of ether oxygens (including phenoxy) is 4. The van der Waals surface area contributed by atoms with E-state index in [9.17, 15) is 24.0 Å². The molecule has 4 atom stereocenters. The Hall–Kier alpha value is -3.25. The van der Waals surface area contributed by atoms with Crippen molar-refractivity contribution < 1.29 is 42.9 Å². The number of likely N-dealkylation sites (tertiary alicyclic amines) is 2. The molecule has 2 saturated heterocycles. The summed E-state index contributed by atoms with van der Waals surface area (Å²) < 4.78 is 21.1. The number of urea groups is 1. The molecule has 13 nitrogen and oxygen atoms in total. The van der Waals surface area contributed by atoms with E-state index in [1.54, 1.807) is 55.4 Å². The fourth-order valence-corrected chi connectivity index (χ4v) is 4.21. The van der Waals surface area contributed by atoms with Crippen molar-refractivity contribution in [2.24, 2.45) is 11.8 Å². The van der Waals surface area contributed by atoms with E-state index in [1.165, 1.54) is 9.80 Å². The summed E-state index contributed by atoms with van der Waals surface area (Å²) in [7, 11) is 0. The number of nitrogens with one attached hydrogen (secondary N) is 2. The van der Waals surface area contributed by atoms with E-state index in [0.717, 1.165) is 0 Å². The van der Waals surface area contributed by atoms with Crippen LogP contribution in [0.2, 0.25) is 0 Å². The number of esters is 2. The maximum atomic E-state index is 13.0. The quantitative estimate of drug-likeness (QED) is 0.378. The largest absolute Gasteiger partial charge is 0.466 e. The monoisotopic (exact) mass is 542 g/mol.